The first kappa shape index (κ1) is 11.6. The summed E-state index contributed by atoms with van der Waals surface area (Å²) in [6.45, 7) is 0.591. The summed E-state index contributed by atoms with van der Waals surface area (Å²) < 4.78 is 14.8. The van der Waals surface area contributed by atoms with Crippen LogP contribution in [0.25, 0.3) is 17.2 Å². The Bertz CT molecular complexity index is 658. The summed E-state index contributed by atoms with van der Waals surface area (Å²) in [4.78, 5) is 13.1. The molecule has 3 rings (SSSR count). The number of hydrogen-bond donors (Lipinski definition) is 0. The zero-order valence-corrected chi connectivity index (χ0v) is 10.4. The number of nitrogens with zero attached hydrogens (tertiary/aromatic N) is 3. The molecule has 19 heavy (non-hydrogen) atoms. The van der Waals surface area contributed by atoms with Gasteiger partial charge in [-0.2, -0.15) is 5.10 Å². The summed E-state index contributed by atoms with van der Waals surface area (Å²) in [5.74, 6) is -0.298. The third-order valence-electron chi connectivity index (χ3n) is 3.11. The minimum absolute atomic E-state index is 0.298. The van der Waals surface area contributed by atoms with Gasteiger partial charge >= 0.3 is 0 Å². The molecule has 0 unspecified atom stereocenters. The van der Waals surface area contributed by atoms with Crippen LogP contribution in [-0.4, -0.2) is 28.0 Å². The monoisotopic (exact) mass is 257 g/mol. The minimum Gasteiger partial charge on any atom is -0.361 e. The van der Waals surface area contributed by atoms with Crippen LogP contribution in [0.15, 0.2) is 30.5 Å². The van der Waals surface area contributed by atoms with Gasteiger partial charge in [0.2, 0.25) is 0 Å². The Hall–Kier alpha value is -2.43. The van der Waals surface area contributed by atoms with E-state index in [1.807, 2.05) is 24.2 Å². The number of aromatic nitrogens is 2. The van der Waals surface area contributed by atoms with Crippen molar-refractivity contribution in [3.8, 4) is 11.1 Å². The Kier molecular flexibility index (Phi) is 2.67. The molecule has 0 bridgehead atoms. The van der Waals surface area contributed by atoms with E-state index < -0.39 is 0 Å². The van der Waals surface area contributed by atoms with E-state index in [4.69, 9.17) is 0 Å². The molecule has 96 valence electrons. The van der Waals surface area contributed by atoms with Gasteiger partial charge in [0, 0.05) is 18.8 Å². The third-order valence-corrected chi connectivity index (χ3v) is 3.11. The first-order chi connectivity index (χ1) is 9.19. The van der Waals surface area contributed by atoms with E-state index in [9.17, 15) is 9.18 Å². The Morgan fingerprint density at radius 2 is 2.05 bits per heavy atom. The molecule has 0 atom stereocenters. The lowest BCUT2D eigenvalue weighted by atomic mass is 10.0. The maximum Gasteiger partial charge on any atom is 0.170 e. The van der Waals surface area contributed by atoms with Gasteiger partial charge in [-0.3, -0.25) is 4.79 Å². The summed E-state index contributed by atoms with van der Waals surface area (Å²) in [7, 11) is 1.93. The summed E-state index contributed by atoms with van der Waals surface area (Å²) in [5, 5.41) is 4.28. The molecule has 1 aromatic carbocycles. The van der Waals surface area contributed by atoms with Crippen molar-refractivity contribution in [2.75, 3.05) is 7.05 Å². The lowest BCUT2D eigenvalue weighted by Gasteiger charge is -2.20. The Morgan fingerprint density at radius 1 is 1.32 bits per heavy atom. The van der Waals surface area contributed by atoms with Gasteiger partial charge in [-0.15, -0.1) is 0 Å². The Balaban J connectivity index is 2.19. The maximum atomic E-state index is 13.0. The van der Waals surface area contributed by atoms with Gasteiger partial charge in [0.05, 0.1) is 5.69 Å². The molecule has 1 aliphatic heterocycles. The van der Waals surface area contributed by atoms with E-state index >= 15 is 0 Å². The smallest absolute Gasteiger partial charge is 0.170 e. The lowest BCUT2D eigenvalue weighted by Crippen LogP contribution is -2.21. The van der Waals surface area contributed by atoms with Gasteiger partial charge < -0.3 is 4.90 Å². The summed E-state index contributed by atoms with van der Waals surface area (Å²) in [6, 6.07) is 6.08. The quantitative estimate of drug-likeness (QED) is 0.775. The van der Waals surface area contributed by atoms with E-state index in [2.05, 4.69) is 5.10 Å². The average Bonchev–Trinajstić information content (AvgIpc) is 2.77. The number of benzene rings is 1. The predicted octanol–water partition coefficient (Wildman–Crippen LogP) is 2.38. The van der Waals surface area contributed by atoms with Crippen molar-refractivity contribution < 1.29 is 9.18 Å². The molecule has 1 aliphatic rings. The normalized spacial score (nSPS) is 13.5. The van der Waals surface area contributed by atoms with E-state index in [-0.39, 0.29) is 5.82 Å². The number of aldehydes is 1. The van der Waals surface area contributed by atoms with E-state index in [1.54, 1.807) is 16.8 Å². The molecule has 0 amide bonds. The molecule has 0 N–H and O–H groups in total. The molecule has 0 radical (unpaired) electrons. The topological polar surface area (TPSA) is 38.1 Å². The number of rotatable bonds is 2. The first-order valence-electron chi connectivity index (χ1n) is 5.89. The second-order valence-corrected chi connectivity index (χ2v) is 4.48. The molecular weight excluding hydrogens is 245 g/mol. The van der Waals surface area contributed by atoms with Crippen molar-refractivity contribution in [2.45, 2.75) is 6.67 Å². The minimum atomic E-state index is -0.298. The molecule has 4 nitrogen and oxygen atoms in total. The number of carbonyl (C=O) groups excluding carboxylic acids is 1. The molecule has 0 spiro atoms. The van der Waals surface area contributed by atoms with Gasteiger partial charge in [-0.1, -0.05) is 12.1 Å². The van der Waals surface area contributed by atoms with Crippen molar-refractivity contribution in [3.05, 3.63) is 47.7 Å². The van der Waals surface area contributed by atoms with Crippen LogP contribution in [0, 0.1) is 5.82 Å². The first-order valence-corrected chi connectivity index (χ1v) is 5.89. The van der Waals surface area contributed by atoms with Crippen molar-refractivity contribution in [3.63, 3.8) is 0 Å². The number of carbonyl (C=O) groups is 1. The van der Waals surface area contributed by atoms with Crippen LogP contribution in [-0.2, 0) is 6.67 Å². The van der Waals surface area contributed by atoms with E-state index in [1.165, 1.54) is 12.1 Å². The lowest BCUT2D eigenvalue weighted by molar-refractivity contribution is 0.111. The summed E-state index contributed by atoms with van der Waals surface area (Å²) in [6.07, 6.45) is 4.57. The molecule has 0 saturated carbocycles. The maximum absolute atomic E-state index is 13.0. The van der Waals surface area contributed by atoms with Gasteiger partial charge in [-0.25, -0.2) is 9.07 Å². The molecule has 2 heterocycles. The highest BCUT2D eigenvalue weighted by Crippen LogP contribution is 2.29. The summed E-state index contributed by atoms with van der Waals surface area (Å²) >= 11 is 0. The van der Waals surface area contributed by atoms with Crippen LogP contribution in [0.1, 0.15) is 16.2 Å². The second-order valence-electron chi connectivity index (χ2n) is 4.48. The number of halogens is 1. The molecule has 1 aromatic heterocycles. The SMILES string of the molecule is CN1C=Cc2c(-c3ccc(F)cc3)c(C=O)nn2C1. The fourth-order valence-electron chi connectivity index (χ4n) is 2.22. The van der Waals surface area contributed by atoms with Crippen LogP contribution >= 0.6 is 0 Å². The molecule has 2 aromatic rings. The van der Waals surface area contributed by atoms with Gasteiger partial charge in [-0.05, 0) is 23.8 Å². The summed E-state index contributed by atoms with van der Waals surface area (Å²) in [5.41, 5.74) is 2.78. The largest absolute Gasteiger partial charge is 0.361 e. The number of hydrogen-bond acceptors (Lipinski definition) is 3. The molecule has 5 heteroatoms. The van der Waals surface area contributed by atoms with Crippen LogP contribution in [0.2, 0.25) is 0 Å². The zero-order chi connectivity index (χ0) is 13.4. The van der Waals surface area contributed by atoms with Crippen LogP contribution in [0.4, 0.5) is 4.39 Å². The Morgan fingerprint density at radius 3 is 2.74 bits per heavy atom. The molecule has 0 aliphatic carbocycles. The van der Waals surface area contributed by atoms with Crippen molar-refractivity contribution >= 4 is 12.4 Å². The zero-order valence-electron chi connectivity index (χ0n) is 10.4. The fraction of sp³-hybridized carbons (Fsp3) is 0.143. The van der Waals surface area contributed by atoms with Gasteiger partial charge in [0.25, 0.3) is 0 Å². The van der Waals surface area contributed by atoms with Gasteiger partial charge in [0.15, 0.2) is 6.29 Å². The highest BCUT2D eigenvalue weighted by molar-refractivity contribution is 5.89. The standard InChI is InChI=1S/C14H12FN3O/c1-17-7-6-13-14(10-2-4-11(15)5-3-10)12(8-19)16-18(13)9-17/h2-8H,9H2,1H3. The Labute approximate surface area is 109 Å². The highest BCUT2D eigenvalue weighted by Gasteiger charge is 2.19. The van der Waals surface area contributed by atoms with Crippen LogP contribution in [0.5, 0.6) is 0 Å². The fourth-order valence-corrected chi connectivity index (χ4v) is 2.22. The predicted molar refractivity (Wildman–Crippen MR) is 69.8 cm³/mol. The third kappa shape index (κ3) is 1.93. The molecule has 0 fully saturated rings. The van der Waals surface area contributed by atoms with E-state index in [0.717, 1.165) is 23.1 Å². The van der Waals surface area contributed by atoms with Crippen molar-refractivity contribution in [1.29, 1.82) is 0 Å². The highest BCUT2D eigenvalue weighted by atomic mass is 19.1. The second kappa shape index (κ2) is 4.35. The van der Waals surface area contributed by atoms with Crippen molar-refractivity contribution in [2.24, 2.45) is 0 Å². The van der Waals surface area contributed by atoms with Crippen molar-refractivity contribution in [1.82, 2.24) is 14.7 Å². The van der Waals surface area contributed by atoms with Crippen LogP contribution < -0.4 is 0 Å². The van der Waals surface area contributed by atoms with E-state index in [0.29, 0.717) is 12.4 Å². The number of fused-ring (bicyclic) bond motifs is 1. The van der Waals surface area contributed by atoms with Crippen LogP contribution in [0.3, 0.4) is 0 Å². The average molecular weight is 257 g/mol. The molecule has 0 saturated heterocycles. The molecular formula is C14H12FN3O. The van der Waals surface area contributed by atoms with Gasteiger partial charge in [0.1, 0.15) is 18.2 Å².